The zero-order chi connectivity index (χ0) is 22.2. The van der Waals surface area contributed by atoms with Crippen molar-refractivity contribution in [2.75, 3.05) is 7.05 Å². The molecule has 2 N–H and O–H groups in total. The number of imide groups is 1. The van der Waals surface area contributed by atoms with E-state index in [0.29, 0.717) is 16.3 Å². The summed E-state index contributed by atoms with van der Waals surface area (Å²) in [6.07, 6.45) is -1.31. The quantitative estimate of drug-likeness (QED) is 0.547. The van der Waals surface area contributed by atoms with Crippen LogP contribution in [0.2, 0.25) is 0 Å². The van der Waals surface area contributed by atoms with E-state index in [9.17, 15) is 14.4 Å². The van der Waals surface area contributed by atoms with Gasteiger partial charge < -0.3 is 14.8 Å². The maximum atomic E-state index is 12.6. The third-order valence-electron chi connectivity index (χ3n) is 4.17. The van der Waals surface area contributed by atoms with Crippen LogP contribution in [-0.4, -0.2) is 29.9 Å². The third kappa shape index (κ3) is 6.13. The molecule has 1 heterocycles. The van der Waals surface area contributed by atoms with E-state index >= 15 is 0 Å². The van der Waals surface area contributed by atoms with Gasteiger partial charge in [0, 0.05) is 18.0 Å². The van der Waals surface area contributed by atoms with E-state index in [2.05, 4.69) is 15.6 Å². The zero-order valence-corrected chi connectivity index (χ0v) is 17.8. The van der Waals surface area contributed by atoms with E-state index in [0.717, 1.165) is 5.56 Å². The van der Waals surface area contributed by atoms with Crippen LogP contribution in [0.15, 0.2) is 60.0 Å². The number of esters is 1. The van der Waals surface area contributed by atoms with Gasteiger partial charge in [-0.2, -0.15) is 0 Å². The topological polar surface area (TPSA) is 107 Å². The van der Waals surface area contributed by atoms with Crippen molar-refractivity contribution in [2.45, 2.75) is 19.6 Å². The monoisotopic (exact) mass is 439 g/mol. The van der Waals surface area contributed by atoms with Crippen LogP contribution in [0.25, 0.3) is 0 Å². The van der Waals surface area contributed by atoms with Gasteiger partial charge in [-0.3, -0.25) is 10.1 Å². The highest BCUT2D eigenvalue weighted by atomic mass is 32.1. The summed E-state index contributed by atoms with van der Waals surface area (Å²) < 4.78 is 11.1. The van der Waals surface area contributed by atoms with Crippen molar-refractivity contribution in [3.8, 4) is 5.75 Å². The number of rotatable bonds is 7. The highest BCUT2D eigenvalue weighted by Gasteiger charge is 2.27. The molecule has 8 nitrogen and oxygen atoms in total. The fourth-order valence-corrected chi connectivity index (χ4v) is 3.23. The first-order valence-electron chi connectivity index (χ1n) is 9.38. The molecule has 1 unspecified atom stereocenters. The smallest absolute Gasteiger partial charge is 0.358 e. The molecular weight excluding hydrogens is 418 g/mol. The maximum absolute atomic E-state index is 12.6. The molecule has 160 valence electrons. The second-order valence-corrected chi connectivity index (χ2v) is 7.44. The lowest BCUT2D eigenvalue weighted by atomic mass is 10.1. The van der Waals surface area contributed by atoms with Crippen LogP contribution in [0.3, 0.4) is 0 Å². The molecule has 3 amide bonds. The molecule has 2 aromatic carbocycles. The van der Waals surface area contributed by atoms with Crippen molar-refractivity contribution in [3.63, 3.8) is 0 Å². The van der Waals surface area contributed by atoms with Crippen LogP contribution in [0.5, 0.6) is 5.75 Å². The van der Waals surface area contributed by atoms with Crippen LogP contribution in [0, 0.1) is 6.92 Å². The second-order valence-electron chi connectivity index (χ2n) is 6.49. The molecule has 0 fully saturated rings. The average molecular weight is 439 g/mol. The highest BCUT2D eigenvalue weighted by Crippen LogP contribution is 2.21. The van der Waals surface area contributed by atoms with Crippen molar-refractivity contribution in [2.24, 2.45) is 0 Å². The average Bonchev–Trinajstić information content (AvgIpc) is 3.26. The highest BCUT2D eigenvalue weighted by molar-refractivity contribution is 7.09. The van der Waals surface area contributed by atoms with E-state index in [4.69, 9.17) is 9.47 Å². The largest absolute Gasteiger partial charge is 0.486 e. The molecule has 0 aliphatic carbocycles. The summed E-state index contributed by atoms with van der Waals surface area (Å²) in [4.78, 5) is 40.8. The minimum absolute atomic E-state index is 0.0566. The molecule has 0 saturated heterocycles. The van der Waals surface area contributed by atoms with Gasteiger partial charge >= 0.3 is 12.0 Å². The number of thiazole rings is 1. The molecule has 3 aromatic rings. The van der Waals surface area contributed by atoms with E-state index in [1.807, 2.05) is 31.2 Å². The van der Waals surface area contributed by atoms with Crippen molar-refractivity contribution in [1.29, 1.82) is 0 Å². The second kappa shape index (κ2) is 10.4. The Labute approximate surface area is 183 Å². The van der Waals surface area contributed by atoms with Gasteiger partial charge in [0.2, 0.25) is 6.10 Å². The fourth-order valence-electron chi connectivity index (χ4n) is 2.56. The van der Waals surface area contributed by atoms with E-state index in [1.165, 1.54) is 23.8 Å². The van der Waals surface area contributed by atoms with Gasteiger partial charge in [0.05, 0.1) is 0 Å². The summed E-state index contributed by atoms with van der Waals surface area (Å²) in [5, 5.41) is 6.53. The maximum Gasteiger partial charge on any atom is 0.358 e. The molecule has 0 radical (unpaired) electrons. The Balaban J connectivity index is 1.68. The lowest BCUT2D eigenvalue weighted by Gasteiger charge is -2.16. The third-order valence-corrected chi connectivity index (χ3v) is 5.00. The van der Waals surface area contributed by atoms with E-state index in [-0.39, 0.29) is 12.3 Å². The van der Waals surface area contributed by atoms with Crippen LogP contribution in [0.4, 0.5) is 4.79 Å². The first-order chi connectivity index (χ1) is 15.0. The molecule has 9 heteroatoms. The van der Waals surface area contributed by atoms with E-state index < -0.39 is 24.0 Å². The molecule has 0 bridgehead atoms. The fraction of sp³-hybridized carbons (Fsp3) is 0.182. The Hall–Kier alpha value is -3.72. The number of amides is 3. The van der Waals surface area contributed by atoms with Gasteiger partial charge in [0.1, 0.15) is 17.4 Å². The Kier molecular flexibility index (Phi) is 7.34. The minimum atomic E-state index is -1.31. The number of benzene rings is 2. The lowest BCUT2D eigenvalue weighted by Crippen LogP contribution is -2.41. The van der Waals surface area contributed by atoms with Gasteiger partial charge in [0.15, 0.2) is 5.69 Å². The SMILES string of the molecule is CNC(=O)NC(=O)C(OC(=O)c1csc(COc2ccc(C)cc2)n1)c1ccccc1. The van der Waals surface area contributed by atoms with Crippen LogP contribution in [0.1, 0.15) is 32.7 Å². The lowest BCUT2D eigenvalue weighted by molar-refractivity contribution is -0.129. The minimum Gasteiger partial charge on any atom is -0.486 e. The van der Waals surface area contributed by atoms with Crippen LogP contribution < -0.4 is 15.4 Å². The van der Waals surface area contributed by atoms with Crippen molar-refractivity contribution in [1.82, 2.24) is 15.6 Å². The van der Waals surface area contributed by atoms with Crippen LogP contribution >= 0.6 is 11.3 Å². The molecule has 0 spiro atoms. The Morgan fingerprint density at radius 1 is 1.06 bits per heavy atom. The molecular formula is C22H21N3O5S. The number of hydrogen-bond acceptors (Lipinski definition) is 7. The number of carbonyl (C=O) groups excluding carboxylic acids is 3. The molecule has 0 aliphatic rings. The molecule has 0 aliphatic heterocycles. The van der Waals surface area contributed by atoms with Gasteiger partial charge in [0.25, 0.3) is 5.91 Å². The number of urea groups is 1. The first-order valence-corrected chi connectivity index (χ1v) is 10.3. The summed E-state index contributed by atoms with van der Waals surface area (Å²) in [7, 11) is 1.38. The number of hydrogen-bond donors (Lipinski definition) is 2. The van der Waals surface area contributed by atoms with Crippen molar-refractivity contribution < 1.29 is 23.9 Å². The van der Waals surface area contributed by atoms with Gasteiger partial charge in [-0.25, -0.2) is 14.6 Å². The molecule has 1 aromatic heterocycles. The summed E-state index contributed by atoms with van der Waals surface area (Å²) in [5.74, 6) is -0.851. The van der Waals surface area contributed by atoms with Gasteiger partial charge in [-0.05, 0) is 19.1 Å². The van der Waals surface area contributed by atoms with Crippen molar-refractivity contribution >= 4 is 29.2 Å². The predicted octanol–water partition coefficient (Wildman–Crippen LogP) is 3.38. The van der Waals surface area contributed by atoms with Crippen molar-refractivity contribution in [3.05, 3.63) is 81.8 Å². The number of aryl methyl sites for hydroxylation is 1. The number of nitrogens with one attached hydrogen (secondary N) is 2. The normalized spacial score (nSPS) is 11.3. The van der Waals surface area contributed by atoms with Gasteiger partial charge in [-0.1, -0.05) is 48.0 Å². The molecule has 31 heavy (non-hydrogen) atoms. The van der Waals surface area contributed by atoms with E-state index in [1.54, 1.807) is 30.3 Å². The Morgan fingerprint density at radius 2 is 1.77 bits per heavy atom. The zero-order valence-electron chi connectivity index (χ0n) is 17.0. The predicted molar refractivity (Wildman–Crippen MR) is 115 cm³/mol. The Morgan fingerprint density at radius 3 is 2.45 bits per heavy atom. The molecule has 1 atom stereocenters. The molecule has 0 saturated carbocycles. The summed E-state index contributed by atoms with van der Waals surface area (Å²) in [6, 6.07) is 15.3. The molecule has 3 rings (SSSR count). The number of carbonyl (C=O) groups is 3. The van der Waals surface area contributed by atoms with Crippen LogP contribution in [-0.2, 0) is 16.1 Å². The first kappa shape index (κ1) is 22.0. The summed E-state index contributed by atoms with van der Waals surface area (Å²) in [5.41, 5.74) is 1.61. The number of nitrogens with zero attached hydrogens (tertiary/aromatic N) is 1. The number of aromatic nitrogens is 1. The standard InChI is InChI=1S/C22H21N3O5S/c1-14-8-10-16(11-9-14)29-12-18-24-17(13-31-18)21(27)30-19(15-6-4-3-5-7-15)20(26)25-22(28)23-2/h3-11,13,19H,12H2,1-2H3,(H2,23,25,26,28). The summed E-state index contributed by atoms with van der Waals surface area (Å²) in [6.45, 7) is 2.18. The van der Waals surface area contributed by atoms with Gasteiger partial charge in [-0.15, -0.1) is 11.3 Å². The number of ether oxygens (including phenoxy) is 2. The summed E-state index contributed by atoms with van der Waals surface area (Å²) >= 11 is 1.24. The Bertz CT molecular complexity index is 1050.